The lowest BCUT2D eigenvalue weighted by molar-refractivity contribution is -0.141. The third kappa shape index (κ3) is 3.11. The van der Waals surface area contributed by atoms with E-state index in [1.54, 1.807) is 36.0 Å². The van der Waals surface area contributed by atoms with Crippen molar-refractivity contribution in [1.29, 1.82) is 0 Å². The van der Waals surface area contributed by atoms with Crippen molar-refractivity contribution in [3.8, 4) is 0 Å². The number of rotatable bonds is 3. The van der Waals surface area contributed by atoms with Gasteiger partial charge in [-0.15, -0.1) is 11.8 Å². The van der Waals surface area contributed by atoms with Crippen LogP contribution in [-0.4, -0.2) is 39.2 Å². The average Bonchev–Trinajstić information content (AvgIpc) is 3.19. The second-order valence-electron chi connectivity index (χ2n) is 5.26. The molecule has 1 saturated heterocycles. The summed E-state index contributed by atoms with van der Waals surface area (Å²) in [5.41, 5.74) is 0.611. The van der Waals surface area contributed by atoms with Crippen LogP contribution in [0.2, 0.25) is 5.02 Å². The number of hydrogen-bond donors (Lipinski definition) is 2. The smallest absolute Gasteiger partial charge is 0.327 e. The van der Waals surface area contributed by atoms with Crippen molar-refractivity contribution in [1.82, 2.24) is 4.90 Å². The summed E-state index contributed by atoms with van der Waals surface area (Å²) in [7, 11) is 0. The maximum Gasteiger partial charge on any atom is 0.327 e. The van der Waals surface area contributed by atoms with E-state index in [1.165, 1.54) is 4.90 Å². The van der Waals surface area contributed by atoms with Crippen molar-refractivity contribution >= 4 is 41.1 Å². The number of carbonyl (C=O) groups is 2. The van der Waals surface area contributed by atoms with Crippen LogP contribution in [0.15, 0.2) is 24.3 Å². The van der Waals surface area contributed by atoms with Crippen molar-refractivity contribution < 1.29 is 14.7 Å². The molecule has 0 bridgehead atoms. The van der Waals surface area contributed by atoms with Gasteiger partial charge in [-0.25, -0.2) is 9.59 Å². The maximum atomic E-state index is 12.5. The Bertz CT molecular complexity index is 562. The highest BCUT2D eigenvalue weighted by molar-refractivity contribution is 8.00. The largest absolute Gasteiger partial charge is 0.480 e. The quantitative estimate of drug-likeness (QED) is 0.895. The van der Waals surface area contributed by atoms with Gasteiger partial charge >= 0.3 is 12.0 Å². The maximum absolute atomic E-state index is 12.5. The number of carboxylic acids is 1. The Labute approximate surface area is 131 Å². The Morgan fingerprint density at radius 1 is 1.29 bits per heavy atom. The number of hydrogen-bond acceptors (Lipinski definition) is 3. The van der Waals surface area contributed by atoms with Crippen LogP contribution in [0.4, 0.5) is 10.5 Å². The molecule has 0 spiro atoms. The first-order chi connectivity index (χ1) is 10.1. The molecular weight excluding hydrogens is 312 g/mol. The number of urea groups is 1. The number of benzene rings is 1. The highest BCUT2D eigenvalue weighted by atomic mass is 35.5. The normalized spacial score (nSPS) is 24.9. The number of thioether (sulfide) groups is 1. The van der Waals surface area contributed by atoms with Gasteiger partial charge in [0.15, 0.2) is 0 Å². The van der Waals surface area contributed by atoms with Crippen molar-refractivity contribution in [3.05, 3.63) is 29.3 Å². The predicted molar refractivity (Wildman–Crippen MR) is 82.7 cm³/mol. The molecule has 2 aliphatic rings. The Kier molecular flexibility index (Phi) is 3.99. The van der Waals surface area contributed by atoms with Crippen LogP contribution in [0.3, 0.4) is 0 Å². The van der Waals surface area contributed by atoms with E-state index in [0.29, 0.717) is 22.4 Å². The van der Waals surface area contributed by atoms with Gasteiger partial charge < -0.3 is 10.4 Å². The molecule has 2 N–H and O–H groups in total. The Hall–Kier alpha value is -1.40. The van der Waals surface area contributed by atoms with Crippen LogP contribution < -0.4 is 5.32 Å². The van der Waals surface area contributed by atoms with Crippen LogP contribution >= 0.6 is 23.4 Å². The zero-order chi connectivity index (χ0) is 15.0. The lowest BCUT2D eigenvalue weighted by atomic mass is 10.2. The number of anilines is 1. The van der Waals surface area contributed by atoms with E-state index in [0.717, 1.165) is 12.8 Å². The molecule has 3 rings (SSSR count). The summed E-state index contributed by atoms with van der Waals surface area (Å²) in [6.07, 6.45) is 2.13. The van der Waals surface area contributed by atoms with E-state index >= 15 is 0 Å². The van der Waals surface area contributed by atoms with Gasteiger partial charge in [-0.2, -0.15) is 0 Å². The molecule has 1 aliphatic carbocycles. The van der Waals surface area contributed by atoms with E-state index in [4.69, 9.17) is 11.6 Å². The molecule has 7 heteroatoms. The molecule has 1 heterocycles. The van der Waals surface area contributed by atoms with Gasteiger partial charge in [0, 0.05) is 16.5 Å². The van der Waals surface area contributed by atoms with E-state index < -0.39 is 12.0 Å². The first kappa shape index (κ1) is 14.5. The third-order valence-electron chi connectivity index (χ3n) is 3.68. The molecule has 1 aromatic rings. The summed E-state index contributed by atoms with van der Waals surface area (Å²) in [5, 5.41) is 12.6. The number of aliphatic carboxylic acids is 1. The molecule has 21 heavy (non-hydrogen) atoms. The number of nitrogens with zero attached hydrogens (tertiary/aromatic N) is 1. The zero-order valence-corrected chi connectivity index (χ0v) is 12.7. The Morgan fingerprint density at radius 3 is 2.52 bits per heavy atom. The van der Waals surface area contributed by atoms with Gasteiger partial charge in [0.25, 0.3) is 0 Å². The van der Waals surface area contributed by atoms with Crippen molar-refractivity contribution in [2.45, 2.75) is 24.3 Å². The lowest BCUT2D eigenvalue weighted by Gasteiger charge is -2.27. The van der Waals surface area contributed by atoms with Crippen LogP contribution in [0.25, 0.3) is 0 Å². The molecule has 1 aromatic carbocycles. The van der Waals surface area contributed by atoms with Crippen LogP contribution in [0.1, 0.15) is 12.8 Å². The molecule has 2 unspecified atom stereocenters. The minimum atomic E-state index is -0.947. The van der Waals surface area contributed by atoms with Gasteiger partial charge in [0.2, 0.25) is 0 Å². The number of amides is 2. The van der Waals surface area contributed by atoms with Crippen LogP contribution in [0, 0.1) is 5.92 Å². The summed E-state index contributed by atoms with van der Waals surface area (Å²) in [5.74, 6) is -0.0721. The van der Waals surface area contributed by atoms with E-state index in [9.17, 15) is 14.7 Å². The molecule has 112 valence electrons. The van der Waals surface area contributed by atoms with Gasteiger partial charge in [-0.3, -0.25) is 4.90 Å². The topological polar surface area (TPSA) is 69.6 Å². The van der Waals surface area contributed by atoms with Crippen LogP contribution in [-0.2, 0) is 4.79 Å². The van der Waals surface area contributed by atoms with Crippen molar-refractivity contribution in [2.75, 3.05) is 11.1 Å². The van der Waals surface area contributed by atoms with Gasteiger partial charge in [0.05, 0.1) is 5.37 Å². The average molecular weight is 327 g/mol. The van der Waals surface area contributed by atoms with E-state index in [-0.39, 0.29) is 11.4 Å². The summed E-state index contributed by atoms with van der Waals surface area (Å²) >= 11 is 7.37. The molecule has 5 nitrogen and oxygen atoms in total. The summed E-state index contributed by atoms with van der Waals surface area (Å²) in [6.45, 7) is 0. The fraction of sp³-hybridized carbons (Fsp3) is 0.429. The Balaban J connectivity index is 1.76. The fourth-order valence-electron chi connectivity index (χ4n) is 2.44. The monoisotopic (exact) mass is 326 g/mol. The highest BCUT2D eigenvalue weighted by Gasteiger charge is 2.48. The van der Waals surface area contributed by atoms with Crippen molar-refractivity contribution in [2.24, 2.45) is 5.92 Å². The second-order valence-corrected chi connectivity index (χ2v) is 6.85. The summed E-state index contributed by atoms with van der Waals surface area (Å²) in [6, 6.07) is 5.65. The first-order valence-electron chi connectivity index (χ1n) is 6.75. The summed E-state index contributed by atoms with van der Waals surface area (Å²) < 4.78 is 0. The molecule has 2 atom stereocenters. The number of halogens is 1. The number of carboxylic acid groups (broad SMARTS) is 1. The second kappa shape index (κ2) is 5.77. The first-order valence-corrected chi connectivity index (χ1v) is 8.18. The number of carbonyl (C=O) groups excluding carboxylic acids is 1. The van der Waals surface area contributed by atoms with Gasteiger partial charge in [0.1, 0.15) is 6.04 Å². The summed E-state index contributed by atoms with van der Waals surface area (Å²) in [4.78, 5) is 25.3. The highest BCUT2D eigenvalue weighted by Crippen LogP contribution is 2.45. The molecule has 2 amide bonds. The molecule has 1 saturated carbocycles. The molecular formula is C14H15ClN2O3S. The third-order valence-corrected chi connectivity index (χ3v) is 5.39. The van der Waals surface area contributed by atoms with Crippen molar-refractivity contribution in [3.63, 3.8) is 0 Å². The Morgan fingerprint density at radius 2 is 1.95 bits per heavy atom. The van der Waals surface area contributed by atoms with E-state index in [1.807, 2.05) is 0 Å². The molecule has 2 fully saturated rings. The lowest BCUT2D eigenvalue weighted by Crippen LogP contribution is -2.48. The standard InChI is InChI=1S/C14H15ClN2O3S/c15-9-3-5-10(6-4-9)16-14(20)17-11(13(18)19)7-21-12(17)8-1-2-8/h3-6,8,11-12H,1-2,7H2,(H,16,20)(H,18,19). The minimum Gasteiger partial charge on any atom is -0.480 e. The predicted octanol–water partition coefficient (Wildman–Crippen LogP) is 3.11. The fourth-order valence-corrected chi connectivity index (χ4v) is 4.20. The molecule has 1 aliphatic heterocycles. The molecule has 0 aromatic heterocycles. The minimum absolute atomic E-state index is 0.0293. The van der Waals surface area contributed by atoms with Gasteiger partial charge in [-0.05, 0) is 43.0 Å². The zero-order valence-electron chi connectivity index (χ0n) is 11.2. The van der Waals surface area contributed by atoms with Gasteiger partial charge in [-0.1, -0.05) is 11.6 Å². The van der Waals surface area contributed by atoms with E-state index in [2.05, 4.69) is 5.32 Å². The number of nitrogens with one attached hydrogen (secondary N) is 1. The SMILES string of the molecule is O=C(O)C1CSC(C2CC2)N1C(=O)Nc1ccc(Cl)cc1. The van der Waals surface area contributed by atoms with Crippen LogP contribution in [0.5, 0.6) is 0 Å². The molecule has 0 radical (unpaired) electrons.